The predicted octanol–water partition coefficient (Wildman–Crippen LogP) is 3.55. The van der Waals surface area contributed by atoms with Gasteiger partial charge in [-0.2, -0.15) is 0 Å². The summed E-state index contributed by atoms with van der Waals surface area (Å²) in [5, 5.41) is 2.52. The van der Waals surface area contributed by atoms with Gasteiger partial charge in [0, 0.05) is 11.3 Å². The number of amidine groups is 1. The number of nitrogens with one attached hydrogen (secondary N) is 1. The lowest BCUT2D eigenvalue weighted by molar-refractivity contribution is -0.0388. The average Bonchev–Trinajstić information content (AvgIpc) is 3.51. The van der Waals surface area contributed by atoms with Crippen molar-refractivity contribution in [2.24, 2.45) is 10.7 Å². The number of hydrogen-bond acceptors (Lipinski definition) is 6. The van der Waals surface area contributed by atoms with Gasteiger partial charge in [0.15, 0.2) is 17.9 Å². The van der Waals surface area contributed by atoms with Gasteiger partial charge < -0.3 is 20.5 Å². The number of ether oxygens (including phenoxy) is 2. The molecule has 11 heteroatoms. The molecule has 4 rings (SSSR count). The molecule has 1 saturated carbocycles. The number of amides is 1. The number of aromatic nitrogens is 1. The second kappa shape index (κ2) is 7.95. The van der Waals surface area contributed by atoms with Gasteiger partial charge in [-0.25, -0.2) is 27.5 Å². The van der Waals surface area contributed by atoms with Gasteiger partial charge in [-0.1, -0.05) is 0 Å². The molecule has 0 saturated heterocycles. The molecular formula is C21H20F4N4O3. The smallest absolute Gasteiger partial charge is 0.283 e. The van der Waals surface area contributed by atoms with Crippen LogP contribution in [-0.2, 0) is 10.3 Å². The maximum Gasteiger partial charge on any atom is 0.283 e. The molecule has 32 heavy (non-hydrogen) atoms. The van der Waals surface area contributed by atoms with E-state index in [-0.39, 0.29) is 35.5 Å². The highest BCUT2D eigenvalue weighted by Gasteiger charge is 2.62. The monoisotopic (exact) mass is 452 g/mol. The van der Waals surface area contributed by atoms with Crippen molar-refractivity contribution in [1.29, 1.82) is 0 Å². The third-order valence-corrected chi connectivity index (χ3v) is 5.59. The molecule has 3 atom stereocenters. The van der Waals surface area contributed by atoms with Crippen LogP contribution in [0.25, 0.3) is 0 Å². The summed E-state index contributed by atoms with van der Waals surface area (Å²) in [6.45, 7) is 0.253. The molecule has 1 aliphatic heterocycles. The van der Waals surface area contributed by atoms with E-state index in [1.807, 2.05) is 0 Å². The van der Waals surface area contributed by atoms with Crippen molar-refractivity contribution in [2.75, 3.05) is 12.2 Å². The van der Waals surface area contributed by atoms with Crippen molar-refractivity contribution in [3.05, 3.63) is 53.6 Å². The van der Waals surface area contributed by atoms with Crippen LogP contribution in [-0.4, -0.2) is 41.7 Å². The number of pyridine rings is 1. The van der Waals surface area contributed by atoms with Gasteiger partial charge in [-0.05, 0) is 50.1 Å². The van der Waals surface area contributed by atoms with E-state index in [1.165, 1.54) is 37.4 Å². The van der Waals surface area contributed by atoms with E-state index in [2.05, 4.69) is 20.0 Å². The Morgan fingerprint density at radius 2 is 2.09 bits per heavy atom. The Morgan fingerprint density at radius 3 is 2.72 bits per heavy atom. The van der Waals surface area contributed by atoms with Crippen LogP contribution in [0.3, 0.4) is 0 Å². The van der Waals surface area contributed by atoms with Crippen molar-refractivity contribution >= 4 is 17.6 Å². The lowest BCUT2D eigenvalue weighted by Gasteiger charge is -2.39. The Balaban J connectivity index is 1.61. The molecule has 1 aromatic carbocycles. The van der Waals surface area contributed by atoms with Crippen molar-refractivity contribution in [2.45, 2.75) is 43.2 Å². The molecule has 7 nitrogen and oxygen atoms in total. The summed E-state index contributed by atoms with van der Waals surface area (Å²) in [4.78, 5) is 20.3. The van der Waals surface area contributed by atoms with Crippen LogP contribution in [0.5, 0.6) is 5.75 Å². The van der Waals surface area contributed by atoms with Gasteiger partial charge >= 0.3 is 0 Å². The van der Waals surface area contributed by atoms with Gasteiger partial charge in [0.05, 0.1) is 6.20 Å². The van der Waals surface area contributed by atoms with Crippen LogP contribution in [0.4, 0.5) is 23.2 Å². The number of carbonyl (C=O) groups excluding carboxylic acids is 1. The fourth-order valence-corrected chi connectivity index (χ4v) is 3.63. The number of carbonyl (C=O) groups is 1. The first-order valence-electron chi connectivity index (χ1n) is 9.77. The molecule has 0 radical (unpaired) electrons. The molecule has 2 aromatic rings. The molecule has 1 fully saturated rings. The van der Waals surface area contributed by atoms with Gasteiger partial charge in [0.25, 0.3) is 11.9 Å². The number of aliphatic imine (C=N–C) groups is 1. The number of nitrogens with two attached hydrogens (primary N) is 1. The molecule has 0 spiro atoms. The largest absolute Gasteiger partial charge is 0.461 e. The lowest BCUT2D eigenvalue weighted by Crippen LogP contribution is -2.54. The van der Waals surface area contributed by atoms with E-state index in [1.54, 1.807) is 0 Å². The minimum atomic E-state index is -2.02. The Hall–Kier alpha value is -3.37. The van der Waals surface area contributed by atoms with Gasteiger partial charge in [-0.3, -0.25) is 4.79 Å². The fraction of sp³-hybridized carbons (Fsp3) is 0.381. The summed E-state index contributed by atoms with van der Waals surface area (Å²) in [6, 6.07) is 5.74. The summed E-state index contributed by atoms with van der Waals surface area (Å²) < 4.78 is 66.7. The third kappa shape index (κ3) is 3.94. The maximum atomic E-state index is 15.4. The van der Waals surface area contributed by atoms with E-state index in [0.717, 1.165) is 6.07 Å². The van der Waals surface area contributed by atoms with Crippen molar-refractivity contribution < 1.29 is 31.8 Å². The third-order valence-electron chi connectivity index (χ3n) is 5.59. The number of benzene rings is 1. The number of anilines is 1. The number of halogens is 4. The van der Waals surface area contributed by atoms with E-state index >= 15 is 4.39 Å². The summed E-state index contributed by atoms with van der Waals surface area (Å²) in [6.07, 6.45) is -2.14. The number of nitrogens with zero attached hydrogens (tertiary/aromatic N) is 2. The molecule has 2 aliphatic rings. The second-order valence-corrected chi connectivity index (χ2v) is 7.85. The molecule has 170 valence electrons. The summed E-state index contributed by atoms with van der Waals surface area (Å²) in [7, 11) is 0. The molecule has 1 amide bonds. The van der Waals surface area contributed by atoms with Crippen LogP contribution >= 0.6 is 0 Å². The number of hydrogen-bond donors (Lipinski definition) is 2. The Kier molecular flexibility index (Phi) is 5.43. The predicted molar refractivity (Wildman–Crippen MR) is 107 cm³/mol. The summed E-state index contributed by atoms with van der Waals surface area (Å²) in [5.41, 5.74) is 1.80. The molecule has 1 aliphatic carbocycles. The topological polar surface area (TPSA) is 98.8 Å². The van der Waals surface area contributed by atoms with Crippen LogP contribution in [0, 0.1) is 5.82 Å². The molecule has 3 N–H and O–H groups in total. The standard InChI is InChI=1S/C21H20F4N4O3/c1-20(16(24)17(21(25)6-7-21)32-19(26)29-20)13-8-11(2-4-14(13)23)28-18(30)15-5-3-12(9-27-15)31-10-22/h2-5,8-9,16-17H,6-7,10H2,1H3,(H2,26,29)(H,28,30)/t16-,17-,20+/m0/s1. The zero-order valence-electron chi connectivity index (χ0n) is 16.9. The van der Waals surface area contributed by atoms with Gasteiger partial charge in [0.1, 0.15) is 22.8 Å². The van der Waals surface area contributed by atoms with Crippen LogP contribution < -0.4 is 15.8 Å². The summed E-state index contributed by atoms with van der Waals surface area (Å²) >= 11 is 0. The Labute approximate surface area is 180 Å². The molecular weight excluding hydrogens is 432 g/mol. The highest BCUT2D eigenvalue weighted by Crippen LogP contribution is 2.51. The number of alkyl halides is 3. The molecule has 0 bridgehead atoms. The maximum absolute atomic E-state index is 15.4. The second-order valence-electron chi connectivity index (χ2n) is 7.85. The first-order chi connectivity index (χ1) is 15.2. The van der Waals surface area contributed by atoms with Crippen molar-refractivity contribution in [1.82, 2.24) is 4.98 Å². The van der Waals surface area contributed by atoms with Crippen LogP contribution in [0.2, 0.25) is 0 Å². The zero-order valence-corrected chi connectivity index (χ0v) is 16.9. The normalized spacial score (nSPS) is 26.0. The quantitative estimate of drug-likeness (QED) is 0.654. The van der Waals surface area contributed by atoms with E-state index in [9.17, 15) is 18.0 Å². The summed E-state index contributed by atoms with van der Waals surface area (Å²) in [5.74, 6) is -1.31. The first kappa shape index (κ1) is 21.8. The zero-order chi connectivity index (χ0) is 23.1. The van der Waals surface area contributed by atoms with E-state index < -0.39 is 48.1 Å². The van der Waals surface area contributed by atoms with Gasteiger partial charge in [0.2, 0.25) is 6.86 Å². The van der Waals surface area contributed by atoms with Crippen LogP contribution in [0.15, 0.2) is 41.5 Å². The average molecular weight is 452 g/mol. The molecule has 1 aromatic heterocycles. The van der Waals surface area contributed by atoms with Crippen molar-refractivity contribution in [3.8, 4) is 5.75 Å². The lowest BCUT2D eigenvalue weighted by atomic mass is 9.82. The minimum absolute atomic E-state index is 0.0156. The Morgan fingerprint density at radius 1 is 1.34 bits per heavy atom. The van der Waals surface area contributed by atoms with Crippen molar-refractivity contribution in [3.63, 3.8) is 0 Å². The van der Waals surface area contributed by atoms with Gasteiger partial charge in [-0.15, -0.1) is 0 Å². The molecule has 0 unspecified atom stereocenters. The first-order valence-corrected chi connectivity index (χ1v) is 9.77. The van der Waals surface area contributed by atoms with E-state index in [4.69, 9.17) is 10.5 Å². The number of rotatable bonds is 6. The molecule has 2 heterocycles. The highest BCUT2D eigenvalue weighted by atomic mass is 19.2. The SMILES string of the molecule is C[C@]1(c2cc(NC(=O)c3ccc(OCF)cn3)ccc2F)N=C(N)O[C@H](C2(F)CC2)[C@@H]1F. The van der Waals surface area contributed by atoms with E-state index in [0.29, 0.717) is 0 Å². The Bertz CT molecular complexity index is 1060. The van der Waals surface area contributed by atoms with Crippen LogP contribution in [0.1, 0.15) is 35.8 Å². The minimum Gasteiger partial charge on any atom is -0.461 e. The highest BCUT2D eigenvalue weighted by molar-refractivity contribution is 6.02. The fourth-order valence-electron chi connectivity index (χ4n) is 3.63.